The van der Waals surface area contributed by atoms with E-state index >= 15 is 0 Å². The van der Waals surface area contributed by atoms with Crippen molar-refractivity contribution < 1.29 is 0 Å². The van der Waals surface area contributed by atoms with Crippen LogP contribution in [-0.2, 0) is 6.42 Å². The third-order valence-electron chi connectivity index (χ3n) is 3.91. The monoisotopic (exact) mass is 296 g/mol. The first-order chi connectivity index (χ1) is 10.2. The molecule has 0 aliphatic carbocycles. The summed E-state index contributed by atoms with van der Waals surface area (Å²) in [6.07, 6.45) is 0.994. The van der Waals surface area contributed by atoms with Crippen LogP contribution in [0.15, 0.2) is 42.5 Å². The second kappa shape index (κ2) is 5.96. The van der Waals surface area contributed by atoms with Crippen LogP contribution < -0.4 is 5.32 Å². The number of hydrogen-bond acceptors (Lipinski definition) is 3. The van der Waals surface area contributed by atoms with E-state index in [9.17, 15) is 0 Å². The van der Waals surface area contributed by atoms with Crippen LogP contribution in [0.3, 0.4) is 0 Å². The van der Waals surface area contributed by atoms with Gasteiger partial charge in [-0.1, -0.05) is 49.4 Å². The Morgan fingerprint density at radius 1 is 1.14 bits per heavy atom. The number of nitrogens with one attached hydrogen (secondary N) is 1. The van der Waals surface area contributed by atoms with Crippen molar-refractivity contribution in [3.63, 3.8) is 0 Å². The molecule has 0 saturated heterocycles. The average Bonchev–Trinajstić information content (AvgIpc) is 2.89. The molecule has 0 radical (unpaired) electrons. The van der Waals surface area contributed by atoms with Crippen LogP contribution in [0.25, 0.3) is 10.8 Å². The van der Waals surface area contributed by atoms with Crippen LogP contribution >= 0.6 is 11.3 Å². The van der Waals surface area contributed by atoms with Gasteiger partial charge >= 0.3 is 0 Å². The normalized spacial score (nSPS) is 12.7. The summed E-state index contributed by atoms with van der Waals surface area (Å²) in [5.74, 6) is 0. The van der Waals surface area contributed by atoms with Gasteiger partial charge in [-0.25, -0.2) is 4.98 Å². The van der Waals surface area contributed by atoms with Crippen LogP contribution in [0.2, 0.25) is 0 Å². The number of hydrogen-bond donors (Lipinski definition) is 1. The van der Waals surface area contributed by atoms with Gasteiger partial charge in [0.25, 0.3) is 0 Å². The highest BCUT2D eigenvalue weighted by molar-refractivity contribution is 7.11. The fourth-order valence-electron chi connectivity index (χ4n) is 2.82. The van der Waals surface area contributed by atoms with E-state index in [0.717, 1.165) is 11.4 Å². The molecule has 3 heteroatoms. The van der Waals surface area contributed by atoms with Crippen molar-refractivity contribution >= 4 is 22.1 Å². The number of aromatic nitrogens is 1. The van der Waals surface area contributed by atoms with Gasteiger partial charge in [0.2, 0.25) is 0 Å². The Labute approximate surface area is 129 Å². The lowest BCUT2D eigenvalue weighted by Crippen LogP contribution is -2.17. The van der Waals surface area contributed by atoms with E-state index in [4.69, 9.17) is 4.98 Å². The molecular weight excluding hydrogens is 276 g/mol. The van der Waals surface area contributed by atoms with Gasteiger partial charge in [0.05, 0.1) is 11.7 Å². The Morgan fingerprint density at radius 2 is 1.90 bits per heavy atom. The summed E-state index contributed by atoms with van der Waals surface area (Å²) in [7, 11) is 2.01. The first-order valence-electron chi connectivity index (χ1n) is 7.35. The Kier molecular flexibility index (Phi) is 4.04. The van der Waals surface area contributed by atoms with Gasteiger partial charge in [0.15, 0.2) is 0 Å². The molecule has 0 saturated carbocycles. The molecule has 2 nitrogen and oxygen atoms in total. The predicted octanol–water partition coefficient (Wildman–Crippen LogP) is 4.48. The maximum Gasteiger partial charge on any atom is 0.115 e. The lowest BCUT2D eigenvalue weighted by molar-refractivity contribution is 0.688. The molecular formula is C18H20N2S. The molecule has 3 rings (SSSR count). The van der Waals surface area contributed by atoms with Crippen molar-refractivity contribution in [3.05, 3.63) is 63.6 Å². The van der Waals surface area contributed by atoms with Crippen LogP contribution in [0.5, 0.6) is 0 Å². The highest BCUT2D eigenvalue weighted by Crippen LogP contribution is 2.32. The Morgan fingerprint density at radius 3 is 2.62 bits per heavy atom. The topological polar surface area (TPSA) is 24.9 Å². The third kappa shape index (κ3) is 2.59. The summed E-state index contributed by atoms with van der Waals surface area (Å²) in [5.41, 5.74) is 2.52. The van der Waals surface area contributed by atoms with Crippen LogP contribution in [0.4, 0.5) is 0 Å². The van der Waals surface area contributed by atoms with Crippen LogP contribution in [0, 0.1) is 6.92 Å². The van der Waals surface area contributed by atoms with E-state index in [1.165, 1.54) is 26.9 Å². The van der Waals surface area contributed by atoms with Crippen molar-refractivity contribution in [1.29, 1.82) is 0 Å². The summed E-state index contributed by atoms with van der Waals surface area (Å²) >= 11 is 1.80. The highest BCUT2D eigenvalue weighted by Gasteiger charge is 2.19. The maximum atomic E-state index is 4.84. The fraction of sp³-hybridized carbons (Fsp3) is 0.278. The first-order valence-corrected chi connectivity index (χ1v) is 8.17. The van der Waals surface area contributed by atoms with Crippen molar-refractivity contribution in [1.82, 2.24) is 10.3 Å². The molecule has 0 fully saturated rings. The first kappa shape index (κ1) is 14.2. The van der Waals surface area contributed by atoms with Crippen molar-refractivity contribution in [2.45, 2.75) is 26.3 Å². The maximum absolute atomic E-state index is 4.84. The molecule has 1 atom stereocenters. The molecule has 0 spiro atoms. The van der Waals surface area contributed by atoms with Crippen LogP contribution in [-0.4, -0.2) is 12.0 Å². The zero-order chi connectivity index (χ0) is 14.8. The molecule has 1 N–H and O–H groups in total. The number of nitrogens with zero attached hydrogens (tertiary/aromatic N) is 1. The quantitative estimate of drug-likeness (QED) is 0.768. The predicted molar refractivity (Wildman–Crippen MR) is 91.1 cm³/mol. The summed E-state index contributed by atoms with van der Waals surface area (Å²) in [4.78, 5) is 6.17. The second-order valence-corrected chi connectivity index (χ2v) is 6.43. The van der Waals surface area contributed by atoms with Gasteiger partial charge in [0.1, 0.15) is 5.01 Å². The van der Waals surface area contributed by atoms with Crippen molar-refractivity contribution in [2.24, 2.45) is 0 Å². The van der Waals surface area contributed by atoms with E-state index < -0.39 is 0 Å². The third-order valence-corrected chi connectivity index (χ3v) is 4.99. The number of aryl methyl sites for hydroxylation is 2. The van der Waals surface area contributed by atoms with Gasteiger partial charge in [-0.15, -0.1) is 11.3 Å². The number of benzene rings is 2. The molecule has 3 aromatic rings. The largest absolute Gasteiger partial charge is 0.307 e. The van der Waals surface area contributed by atoms with Crippen molar-refractivity contribution in [3.8, 4) is 0 Å². The lowest BCUT2D eigenvalue weighted by atomic mass is 9.99. The molecule has 0 aliphatic heterocycles. The Bertz CT molecular complexity index is 756. The molecule has 21 heavy (non-hydrogen) atoms. The molecule has 1 heterocycles. The number of thiazole rings is 1. The van der Waals surface area contributed by atoms with Gasteiger partial charge in [-0.3, -0.25) is 0 Å². The average molecular weight is 296 g/mol. The van der Waals surface area contributed by atoms with E-state index in [0.29, 0.717) is 0 Å². The molecule has 1 aromatic heterocycles. The fourth-order valence-corrected chi connectivity index (χ4v) is 3.96. The zero-order valence-electron chi connectivity index (χ0n) is 12.7. The lowest BCUT2D eigenvalue weighted by Gasteiger charge is -2.16. The molecule has 108 valence electrons. The smallest absolute Gasteiger partial charge is 0.115 e. The van der Waals surface area contributed by atoms with E-state index in [-0.39, 0.29) is 6.04 Å². The molecule has 0 bridgehead atoms. The van der Waals surface area contributed by atoms with E-state index in [2.05, 4.69) is 61.6 Å². The Balaban J connectivity index is 2.13. The van der Waals surface area contributed by atoms with Gasteiger partial charge < -0.3 is 5.32 Å². The van der Waals surface area contributed by atoms with E-state index in [1.807, 2.05) is 7.05 Å². The minimum atomic E-state index is 0.153. The van der Waals surface area contributed by atoms with Gasteiger partial charge in [0, 0.05) is 4.88 Å². The van der Waals surface area contributed by atoms with Gasteiger partial charge in [-0.05, 0) is 36.7 Å². The summed E-state index contributed by atoms with van der Waals surface area (Å²) in [6.45, 7) is 4.33. The number of rotatable bonds is 4. The Hall–Kier alpha value is -1.71. The summed E-state index contributed by atoms with van der Waals surface area (Å²) in [6, 6.07) is 15.2. The minimum absolute atomic E-state index is 0.153. The standard InChI is InChI=1S/C18H20N2S/c1-4-16-12(2)21-18(20-16)17(19-3)15-11-7-9-13-8-5-6-10-14(13)15/h5-11,17,19H,4H2,1-3H3. The van der Waals surface area contributed by atoms with Crippen molar-refractivity contribution in [2.75, 3.05) is 7.05 Å². The number of fused-ring (bicyclic) bond motifs is 1. The molecule has 0 amide bonds. The highest BCUT2D eigenvalue weighted by atomic mass is 32.1. The zero-order valence-corrected chi connectivity index (χ0v) is 13.5. The summed E-state index contributed by atoms with van der Waals surface area (Å²) in [5, 5.41) is 7.17. The van der Waals surface area contributed by atoms with E-state index in [1.54, 1.807) is 11.3 Å². The SMILES string of the molecule is CCc1nc(C(NC)c2cccc3ccccc23)sc1C. The molecule has 2 aromatic carbocycles. The molecule has 0 aliphatic rings. The second-order valence-electron chi connectivity index (χ2n) is 5.20. The van der Waals surface area contributed by atoms with Crippen LogP contribution in [0.1, 0.15) is 34.1 Å². The molecule has 1 unspecified atom stereocenters. The van der Waals surface area contributed by atoms with Gasteiger partial charge in [-0.2, -0.15) is 0 Å². The summed E-state index contributed by atoms with van der Waals surface area (Å²) < 4.78 is 0. The minimum Gasteiger partial charge on any atom is -0.307 e.